The lowest BCUT2D eigenvalue weighted by Crippen LogP contribution is -2.68. The van der Waals surface area contributed by atoms with E-state index in [-0.39, 0.29) is 29.7 Å². The number of allylic oxidation sites excluding steroid dienone is 1. The molecule has 3 unspecified atom stereocenters. The smallest absolute Gasteiger partial charge is 0.347 e. The molecule has 230 valence electrons. The quantitative estimate of drug-likeness (QED) is 0.286. The molecule has 0 radical (unpaired) electrons. The predicted octanol–water partition coefficient (Wildman–Crippen LogP) is 3.79. The first-order valence-electron chi connectivity index (χ1n) is 14.8. The van der Waals surface area contributed by atoms with Crippen molar-refractivity contribution in [2.45, 2.75) is 58.3 Å². The number of carbonyl (C=O) groups is 5. The topological polar surface area (TPSA) is 148 Å². The minimum absolute atomic E-state index is 0.0993. The van der Waals surface area contributed by atoms with Crippen LogP contribution in [0.25, 0.3) is 0 Å². The fraction of sp³-hybridized carbons (Fsp3) is 0.515. The van der Waals surface area contributed by atoms with E-state index in [1.807, 2.05) is 6.08 Å². The molecule has 2 aromatic rings. The van der Waals surface area contributed by atoms with E-state index in [1.165, 1.54) is 31.8 Å². The number of hydrogen-bond donors (Lipinski definition) is 0. The Morgan fingerprint density at radius 2 is 1.84 bits per heavy atom. The highest BCUT2D eigenvalue weighted by molar-refractivity contribution is 6.00. The van der Waals surface area contributed by atoms with Crippen LogP contribution in [-0.2, 0) is 38.1 Å². The molecule has 10 atom stereocenters. The molecule has 5 aliphatic rings. The molecule has 2 aromatic heterocycles. The first-order valence-corrected chi connectivity index (χ1v) is 14.8. The SMILES string of the molecule is COC(=O)[C@@H]1OC(=O)C2(C)C1[C@]1(C)C(=O)[C@@H](C=C3C4CC(=O)O[C@@H](c5ccoc5)[C@]4(C)CC[C@@H]31)[C@H]2OC(=O)c1cccnc1. The Morgan fingerprint density at radius 1 is 1.05 bits per heavy atom. The van der Waals surface area contributed by atoms with Gasteiger partial charge in [0.1, 0.15) is 23.4 Å². The summed E-state index contributed by atoms with van der Waals surface area (Å²) in [5.74, 6) is -5.62. The monoisotopic (exact) mass is 603 g/mol. The number of fused-ring (bicyclic) bond motifs is 8. The Balaban J connectivity index is 1.40. The van der Waals surface area contributed by atoms with Crippen LogP contribution in [0.2, 0.25) is 0 Å². The van der Waals surface area contributed by atoms with Gasteiger partial charge in [-0.2, -0.15) is 0 Å². The van der Waals surface area contributed by atoms with E-state index in [0.717, 1.165) is 11.1 Å². The Kier molecular flexibility index (Phi) is 6.22. The Morgan fingerprint density at radius 3 is 2.52 bits per heavy atom. The molecule has 0 aromatic carbocycles. The number of Topliss-reactive ketones (excluding diaryl/α,β-unsaturated/α-hetero) is 1. The van der Waals surface area contributed by atoms with Crippen LogP contribution in [0.4, 0.5) is 0 Å². The second-order valence-electron chi connectivity index (χ2n) is 13.3. The minimum atomic E-state index is -1.54. The highest BCUT2D eigenvalue weighted by Gasteiger charge is 2.77. The third-order valence-electron chi connectivity index (χ3n) is 11.3. The van der Waals surface area contributed by atoms with Gasteiger partial charge in [-0.1, -0.05) is 25.5 Å². The van der Waals surface area contributed by atoms with Gasteiger partial charge in [0.15, 0.2) is 0 Å². The van der Waals surface area contributed by atoms with Gasteiger partial charge in [-0.25, -0.2) is 9.59 Å². The number of nitrogens with zero attached hydrogens (tertiary/aromatic N) is 1. The highest BCUT2D eigenvalue weighted by Crippen LogP contribution is 2.70. The molecule has 4 fully saturated rings. The molecule has 3 aliphatic carbocycles. The maximum atomic E-state index is 14.6. The Hall–Kier alpha value is -4.28. The predicted molar refractivity (Wildman–Crippen MR) is 148 cm³/mol. The van der Waals surface area contributed by atoms with Crippen molar-refractivity contribution in [2.24, 2.45) is 39.9 Å². The molecular weight excluding hydrogens is 570 g/mol. The van der Waals surface area contributed by atoms with E-state index in [4.69, 9.17) is 23.4 Å². The van der Waals surface area contributed by atoms with Crippen molar-refractivity contribution in [3.63, 3.8) is 0 Å². The molecule has 2 aliphatic heterocycles. The zero-order valence-electron chi connectivity index (χ0n) is 24.8. The summed E-state index contributed by atoms with van der Waals surface area (Å²) in [5, 5.41) is 0. The number of aromatic nitrogens is 1. The first-order chi connectivity index (χ1) is 21.0. The number of rotatable bonds is 4. The van der Waals surface area contributed by atoms with E-state index in [2.05, 4.69) is 11.9 Å². The number of carbonyl (C=O) groups excluding carboxylic acids is 5. The van der Waals surface area contributed by atoms with Crippen LogP contribution in [0.3, 0.4) is 0 Å². The van der Waals surface area contributed by atoms with Gasteiger partial charge in [0.05, 0.1) is 37.5 Å². The number of methoxy groups -OCH3 is 1. The molecular formula is C33H33NO10. The summed E-state index contributed by atoms with van der Waals surface area (Å²) in [6.45, 7) is 5.48. The Bertz CT molecular complexity index is 1600. The van der Waals surface area contributed by atoms with Crippen molar-refractivity contribution in [3.8, 4) is 0 Å². The van der Waals surface area contributed by atoms with Gasteiger partial charge in [-0.05, 0) is 49.8 Å². The summed E-state index contributed by atoms with van der Waals surface area (Å²) in [7, 11) is 1.20. The van der Waals surface area contributed by atoms with Crippen molar-refractivity contribution in [3.05, 3.63) is 65.9 Å². The molecule has 11 heteroatoms. The highest BCUT2D eigenvalue weighted by atomic mass is 16.6. The van der Waals surface area contributed by atoms with Gasteiger partial charge in [-0.3, -0.25) is 19.4 Å². The van der Waals surface area contributed by atoms with Gasteiger partial charge in [0, 0.05) is 34.7 Å². The third kappa shape index (κ3) is 3.61. The molecule has 0 N–H and O–H groups in total. The van der Waals surface area contributed by atoms with E-state index in [0.29, 0.717) is 12.8 Å². The number of hydrogen-bond acceptors (Lipinski definition) is 11. The summed E-state index contributed by atoms with van der Waals surface area (Å²) in [6, 6.07) is 4.89. The van der Waals surface area contributed by atoms with Crippen LogP contribution in [0.1, 0.15) is 62.1 Å². The molecule has 7 rings (SSSR count). The largest absolute Gasteiger partial charge is 0.472 e. The van der Waals surface area contributed by atoms with Crippen molar-refractivity contribution < 1.29 is 47.3 Å². The van der Waals surface area contributed by atoms with Crippen molar-refractivity contribution >= 4 is 29.7 Å². The van der Waals surface area contributed by atoms with E-state index >= 15 is 0 Å². The van der Waals surface area contributed by atoms with E-state index in [1.54, 1.807) is 32.2 Å². The molecule has 2 bridgehead atoms. The molecule has 0 spiro atoms. The zero-order chi connectivity index (χ0) is 31.2. The normalized spacial score (nSPS) is 40.4. The Labute approximate surface area is 253 Å². The van der Waals surface area contributed by atoms with E-state index < -0.39 is 70.2 Å². The fourth-order valence-corrected chi connectivity index (χ4v) is 9.24. The standard InChI is InChI=1S/C33H33NO10/c1-31-9-7-20-18(21(31)13-22(35)42-26(31)17-8-11-41-15-17)12-19-25(36)32(20,2)24-23(29(38)40-4)43-30(39)33(24,3)27(19)44-28(37)16-6-5-10-34-14-16/h5-6,8,10-12,14-15,19-21,23-24,26-27H,7,9,13H2,1-4H3/t19-,20+,21?,23-,24?,26+,27-,31-,32-,33?/m1/s1. The number of ketones is 1. The van der Waals surface area contributed by atoms with Gasteiger partial charge in [0.2, 0.25) is 6.10 Å². The van der Waals surface area contributed by atoms with Crippen LogP contribution < -0.4 is 0 Å². The number of pyridine rings is 1. The lowest BCUT2D eigenvalue weighted by atomic mass is 9.40. The van der Waals surface area contributed by atoms with Gasteiger partial charge in [-0.15, -0.1) is 0 Å². The van der Waals surface area contributed by atoms with Crippen LogP contribution in [0, 0.1) is 39.9 Å². The minimum Gasteiger partial charge on any atom is -0.472 e. The summed E-state index contributed by atoms with van der Waals surface area (Å²) in [6.07, 6.45) is 5.80. The molecule has 4 heterocycles. The molecule has 11 nitrogen and oxygen atoms in total. The number of ether oxygens (including phenoxy) is 4. The summed E-state index contributed by atoms with van der Waals surface area (Å²) < 4.78 is 28.1. The van der Waals surface area contributed by atoms with Crippen LogP contribution in [-0.4, -0.2) is 54.0 Å². The van der Waals surface area contributed by atoms with Gasteiger partial charge >= 0.3 is 23.9 Å². The molecule has 0 amide bonds. The van der Waals surface area contributed by atoms with Gasteiger partial charge in [0.25, 0.3) is 0 Å². The van der Waals surface area contributed by atoms with E-state index in [9.17, 15) is 24.0 Å². The average molecular weight is 604 g/mol. The summed E-state index contributed by atoms with van der Waals surface area (Å²) >= 11 is 0. The molecule has 2 saturated heterocycles. The molecule has 2 saturated carbocycles. The fourth-order valence-electron chi connectivity index (χ4n) is 9.24. The van der Waals surface area contributed by atoms with Crippen LogP contribution in [0.15, 0.2) is 59.2 Å². The second kappa shape index (κ2) is 9.61. The summed E-state index contributed by atoms with van der Waals surface area (Å²) in [5.41, 5.74) is -1.56. The van der Waals surface area contributed by atoms with Crippen molar-refractivity contribution in [1.29, 1.82) is 0 Å². The third-order valence-corrected chi connectivity index (χ3v) is 11.3. The number of cyclic esters (lactones) is 2. The second-order valence-corrected chi connectivity index (χ2v) is 13.3. The van der Waals surface area contributed by atoms with Crippen LogP contribution >= 0.6 is 0 Å². The van der Waals surface area contributed by atoms with Crippen molar-refractivity contribution in [1.82, 2.24) is 4.98 Å². The molecule has 44 heavy (non-hydrogen) atoms. The maximum Gasteiger partial charge on any atom is 0.347 e. The van der Waals surface area contributed by atoms with Crippen LogP contribution in [0.5, 0.6) is 0 Å². The van der Waals surface area contributed by atoms with Gasteiger partial charge < -0.3 is 23.4 Å². The summed E-state index contributed by atoms with van der Waals surface area (Å²) in [4.78, 5) is 72.1. The zero-order valence-corrected chi connectivity index (χ0v) is 24.8. The number of furan rings is 1. The maximum absolute atomic E-state index is 14.6. The number of esters is 4. The first kappa shape index (κ1) is 28.5. The lowest BCUT2D eigenvalue weighted by Gasteiger charge is -2.62. The lowest BCUT2D eigenvalue weighted by molar-refractivity contribution is -0.188. The average Bonchev–Trinajstić information content (AvgIpc) is 3.64. The van der Waals surface area contributed by atoms with Crippen molar-refractivity contribution in [2.75, 3.05) is 7.11 Å².